The number of nitrogens with one attached hydrogen (secondary N) is 1. The van der Waals surface area contributed by atoms with Gasteiger partial charge in [-0.3, -0.25) is 4.79 Å². The van der Waals surface area contributed by atoms with E-state index in [1.807, 2.05) is 32.0 Å². The zero-order valence-electron chi connectivity index (χ0n) is 12.1. The van der Waals surface area contributed by atoms with Crippen LogP contribution in [-0.2, 0) is 9.59 Å². The Morgan fingerprint density at radius 2 is 2.10 bits per heavy atom. The molecule has 20 heavy (non-hydrogen) atoms. The van der Waals surface area contributed by atoms with Crippen molar-refractivity contribution < 1.29 is 19.4 Å². The van der Waals surface area contributed by atoms with E-state index in [0.29, 0.717) is 18.6 Å². The van der Waals surface area contributed by atoms with Crippen LogP contribution in [0.5, 0.6) is 5.75 Å². The minimum atomic E-state index is -1.03. The number of hydrogen-bond acceptors (Lipinski definition) is 3. The largest absolute Gasteiger partial charge is 0.481 e. The molecule has 1 rings (SSSR count). The fraction of sp³-hybridized carbons (Fsp3) is 0.467. The van der Waals surface area contributed by atoms with Crippen molar-refractivity contribution in [3.63, 3.8) is 0 Å². The summed E-state index contributed by atoms with van der Waals surface area (Å²) in [6.45, 7) is 5.40. The van der Waals surface area contributed by atoms with Crippen molar-refractivity contribution in [2.24, 2.45) is 0 Å². The van der Waals surface area contributed by atoms with Crippen molar-refractivity contribution in [2.75, 3.05) is 0 Å². The molecule has 1 amide bonds. The van der Waals surface area contributed by atoms with Crippen LogP contribution in [0.4, 0.5) is 0 Å². The Bertz CT molecular complexity index is 473. The lowest BCUT2D eigenvalue weighted by Gasteiger charge is -2.18. The van der Waals surface area contributed by atoms with E-state index < -0.39 is 24.0 Å². The monoisotopic (exact) mass is 279 g/mol. The van der Waals surface area contributed by atoms with Gasteiger partial charge in [0, 0.05) is 0 Å². The van der Waals surface area contributed by atoms with Crippen molar-refractivity contribution in [1.29, 1.82) is 0 Å². The van der Waals surface area contributed by atoms with Crippen LogP contribution >= 0.6 is 0 Å². The first-order chi connectivity index (χ1) is 9.43. The lowest BCUT2D eigenvalue weighted by Crippen LogP contribution is -2.46. The molecule has 5 heteroatoms. The van der Waals surface area contributed by atoms with Gasteiger partial charge in [0.15, 0.2) is 6.10 Å². The average molecular weight is 279 g/mol. The highest BCUT2D eigenvalue weighted by Gasteiger charge is 2.23. The number of aryl methyl sites for hydroxylation is 1. The number of benzene rings is 1. The SMILES string of the molecule is CCCC(NC(=O)C(C)Oc1cccc(C)c1)C(=O)O. The van der Waals surface area contributed by atoms with Crippen LogP contribution in [0.25, 0.3) is 0 Å². The normalized spacial score (nSPS) is 13.3. The third kappa shape index (κ3) is 4.91. The Morgan fingerprint density at radius 1 is 1.40 bits per heavy atom. The third-order valence-electron chi connectivity index (χ3n) is 2.86. The summed E-state index contributed by atoms with van der Waals surface area (Å²) >= 11 is 0. The van der Waals surface area contributed by atoms with E-state index in [4.69, 9.17) is 9.84 Å². The molecule has 0 aliphatic rings. The molecule has 0 bridgehead atoms. The van der Waals surface area contributed by atoms with Gasteiger partial charge >= 0.3 is 5.97 Å². The Hall–Kier alpha value is -2.04. The van der Waals surface area contributed by atoms with Crippen LogP contribution in [0.3, 0.4) is 0 Å². The quantitative estimate of drug-likeness (QED) is 0.801. The molecule has 2 N–H and O–H groups in total. The van der Waals surface area contributed by atoms with Gasteiger partial charge in [-0.25, -0.2) is 4.79 Å². The van der Waals surface area contributed by atoms with Gasteiger partial charge < -0.3 is 15.2 Å². The minimum Gasteiger partial charge on any atom is -0.481 e. The highest BCUT2D eigenvalue weighted by atomic mass is 16.5. The van der Waals surface area contributed by atoms with E-state index in [1.54, 1.807) is 13.0 Å². The number of hydrogen-bond donors (Lipinski definition) is 2. The molecule has 1 aromatic rings. The highest BCUT2D eigenvalue weighted by Crippen LogP contribution is 2.14. The van der Waals surface area contributed by atoms with E-state index in [1.165, 1.54) is 0 Å². The van der Waals surface area contributed by atoms with Crippen LogP contribution in [0, 0.1) is 6.92 Å². The molecule has 0 fully saturated rings. The number of ether oxygens (including phenoxy) is 1. The van der Waals surface area contributed by atoms with Gasteiger partial charge in [-0.15, -0.1) is 0 Å². The number of carboxylic acid groups (broad SMARTS) is 1. The molecular weight excluding hydrogens is 258 g/mol. The van der Waals surface area contributed by atoms with Gasteiger partial charge in [0.05, 0.1) is 0 Å². The van der Waals surface area contributed by atoms with Gasteiger partial charge in [-0.2, -0.15) is 0 Å². The van der Waals surface area contributed by atoms with Crippen molar-refractivity contribution in [3.05, 3.63) is 29.8 Å². The van der Waals surface area contributed by atoms with Crippen molar-refractivity contribution >= 4 is 11.9 Å². The van der Waals surface area contributed by atoms with Crippen LogP contribution in [0.15, 0.2) is 24.3 Å². The zero-order chi connectivity index (χ0) is 15.1. The molecule has 0 aromatic heterocycles. The average Bonchev–Trinajstić information content (AvgIpc) is 2.37. The first-order valence-electron chi connectivity index (χ1n) is 6.70. The minimum absolute atomic E-state index is 0.401. The number of carbonyl (C=O) groups excluding carboxylic acids is 1. The van der Waals surface area contributed by atoms with Gasteiger partial charge in [-0.1, -0.05) is 25.5 Å². The van der Waals surface area contributed by atoms with Crippen LogP contribution in [-0.4, -0.2) is 29.1 Å². The van der Waals surface area contributed by atoms with Crippen molar-refractivity contribution in [1.82, 2.24) is 5.32 Å². The van der Waals surface area contributed by atoms with Gasteiger partial charge in [0.2, 0.25) is 0 Å². The Morgan fingerprint density at radius 3 is 2.65 bits per heavy atom. The van der Waals surface area contributed by atoms with E-state index in [2.05, 4.69) is 5.32 Å². The van der Waals surface area contributed by atoms with Crippen molar-refractivity contribution in [2.45, 2.75) is 45.8 Å². The maximum absolute atomic E-state index is 11.9. The van der Waals surface area contributed by atoms with Gasteiger partial charge in [0.1, 0.15) is 11.8 Å². The second-order valence-electron chi connectivity index (χ2n) is 4.76. The molecule has 0 aliphatic heterocycles. The molecule has 0 heterocycles. The van der Waals surface area contributed by atoms with Crippen molar-refractivity contribution in [3.8, 4) is 5.75 Å². The predicted octanol–water partition coefficient (Wildman–Crippen LogP) is 2.13. The maximum Gasteiger partial charge on any atom is 0.326 e. The highest BCUT2D eigenvalue weighted by molar-refractivity contribution is 5.86. The number of carbonyl (C=O) groups is 2. The molecule has 0 aliphatic carbocycles. The molecule has 0 spiro atoms. The summed E-state index contributed by atoms with van der Waals surface area (Å²) < 4.78 is 5.51. The molecule has 2 atom stereocenters. The second kappa shape index (κ2) is 7.53. The molecule has 1 aromatic carbocycles. The molecular formula is C15H21NO4. The number of amides is 1. The summed E-state index contributed by atoms with van der Waals surface area (Å²) in [4.78, 5) is 22.9. The lowest BCUT2D eigenvalue weighted by molar-refractivity contribution is -0.143. The predicted molar refractivity (Wildman–Crippen MR) is 75.7 cm³/mol. The molecule has 0 saturated carbocycles. The number of aliphatic carboxylic acids is 1. The van der Waals surface area contributed by atoms with E-state index in [-0.39, 0.29) is 0 Å². The summed E-state index contributed by atoms with van der Waals surface area (Å²) in [5.74, 6) is -0.856. The standard InChI is InChI=1S/C15H21NO4/c1-4-6-13(15(18)19)16-14(17)11(3)20-12-8-5-7-10(2)9-12/h5,7-9,11,13H,4,6H2,1-3H3,(H,16,17)(H,18,19). The van der Waals surface area contributed by atoms with E-state index in [0.717, 1.165) is 5.56 Å². The maximum atomic E-state index is 11.9. The van der Waals surface area contributed by atoms with Crippen LogP contribution < -0.4 is 10.1 Å². The first kappa shape index (κ1) is 16.0. The van der Waals surface area contributed by atoms with E-state index in [9.17, 15) is 9.59 Å². The van der Waals surface area contributed by atoms with Gasteiger partial charge in [0.25, 0.3) is 5.91 Å². The molecule has 5 nitrogen and oxygen atoms in total. The van der Waals surface area contributed by atoms with Crippen LogP contribution in [0.1, 0.15) is 32.3 Å². The molecule has 110 valence electrons. The smallest absolute Gasteiger partial charge is 0.326 e. The number of carboxylic acids is 1. The second-order valence-corrected chi connectivity index (χ2v) is 4.76. The fourth-order valence-corrected chi connectivity index (χ4v) is 1.78. The van der Waals surface area contributed by atoms with E-state index >= 15 is 0 Å². The first-order valence-corrected chi connectivity index (χ1v) is 6.70. The van der Waals surface area contributed by atoms with Gasteiger partial charge in [-0.05, 0) is 38.0 Å². The Balaban J connectivity index is 2.60. The molecule has 0 radical (unpaired) electrons. The summed E-state index contributed by atoms with van der Waals surface area (Å²) in [6, 6.07) is 6.49. The molecule has 0 saturated heterocycles. The lowest BCUT2D eigenvalue weighted by atomic mass is 10.1. The zero-order valence-corrected chi connectivity index (χ0v) is 12.1. The topological polar surface area (TPSA) is 75.6 Å². The summed E-state index contributed by atoms with van der Waals surface area (Å²) in [6.07, 6.45) is 0.346. The summed E-state index contributed by atoms with van der Waals surface area (Å²) in [5, 5.41) is 11.5. The molecule has 2 unspecified atom stereocenters. The third-order valence-corrected chi connectivity index (χ3v) is 2.86. The summed E-state index contributed by atoms with van der Waals surface area (Å²) in [5.41, 5.74) is 1.03. The summed E-state index contributed by atoms with van der Waals surface area (Å²) in [7, 11) is 0. The Labute approximate surface area is 118 Å². The van der Waals surface area contributed by atoms with Crippen LogP contribution in [0.2, 0.25) is 0 Å². The number of rotatable bonds is 7. The fourth-order valence-electron chi connectivity index (χ4n) is 1.78. The Kier molecular flexibility index (Phi) is 6.03.